The minimum atomic E-state index is -0.212. The average molecular weight is 401 g/mol. The van der Waals surface area contributed by atoms with Gasteiger partial charge in [0.1, 0.15) is 18.1 Å². The van der Waals surface area contributed by atoms with Crippen LogP contribution in [-0.2, 0) is 32.7 Å². The zero-order valence-electron chi connectivity index (χ0n) is 18.1. The number of rotatable bonds is 10. The van der Waals surface area contributed by atoms with Crippen LogP contribution in [0.5, 0.6) is 11.5 Å². The highest BCUT2D eigenvalue weighted by Gasteiger charge is 2.13. The number of methoxy groups -OCH3 is 1. The van der Waals surface area contributed by atoms with Crippen LogP contribution in [0.4, 0.5) is 0 Å². The van der Waals surface area contributed by atoms with Gasteiger partial charge in [-0.25, -0.2) is 0 Å². The molecular weight excluding hydrogens is 368 g/mol. The van der Waals surface area contributed by atoms with Crippen molar-refractivity contribution in [2.24, 2.45) is 0 Å². The maximum absolute atomic E-state index is 11.7. The molecule has 2 aromatic carbocycles. The average Bonchev–Trinajstić information content (AvgIpc) is 2.69. The van der Waals surface area contributed by atoms with E-state index < -0.39 is 0 Å². The Bertz CT molecular complexity index is 775. The van der Waals surface area contributed by atoms with Crippen LogP contribution in [0, 0.1) is 0 Å². The molecule has 0 aliphatic rings. The van der Waals surface area contributed by atoms with Crippen LogP contribution in [0.25, 0.3) is 0 Å². The summed E-state index contributed by atoms with van der Waals surface area (Å²) >= 11 is 0. The number of aryl methyl sites for hydroxylation is 1. The predicted molar refractivity (Wildman–Crippen MR) is 113 cm³/mol. The third kappa shape index (κ3) is 7.42. The normalized spacial score (nSPS) is 11.2. The Labute approximate surface area is 173 Å². The second kappa shape index (κ2) is 10.9. The van der Waals surface area contributed by atoms with Gasteiger partial charge in [-0.2, -0.15) is 0 Å². The van der Waals surface area contributed by atoms with Gasteiger partial charge in [0.2, 0.25) is 0 Å². The lowest BCUT2D eigenvalue weighted by atomic mass is 9.87. The third-order valence-corrected chi connectivity index (χ3v) is 4.50. The smallest absolute Gasteiger partial charge is 0.306 e. The summed E-state index contributed by atoms with van der Waals surface area (Å²) < 4.78 is 21.6. The zero-order valence-corrected chi connectivity index (χ0v) is 18.1. The molecule has 0 atom stereocenters. The largest absolute Gasteiger partial charge is 0.488 e. The highest BCUT2D eigenvalue weighted by Crippen LogP contribution is 2.28. The van der Waals surface area contributed by atoms with Crippen molar-refractivity contribution in [1.82, 2.24) is 0 Å². The van der Waals surface area contributed by atoms with Gasteiger partial charge in [0.25, 0.3) is 0 Å². The van der Waals surface area contributed by atoms with E-state index in [9.17, 15) is 4.79 Å². The first kappa shape index (κ1) is 22.8. The van der Waals surface area contributed by atoms with Crippen LogP contribution in [-0.4, -0.2) is 26.5 Å². The quantitative estimate of drug-likeness (QED) is 0.413. The number of esters is 1. The Kier molecular flexibility index (Phi) is 8.52. The van der Waals surface area contributed by atoms with Gasteiger partial charge in [0.15, 0.2) is 6.79 Å². The minimum Gasteiger partial charge on any atom is -0.488 e. The molecule has 0 saturated carbocycles. The molecule has 0 spiro atoms. The second-order valence-electron chi connectivity index (χ2n) is 7.86. The number of ether oxygens (including phenoxy) is 4. The van der Waals surface area contributed by atoms with E-state index in [-0.39, 0.29) is 18.2 Å². The fraction of sp³-hybridized carbons (Fsp3) is 0.458. The maximum atomic E-state index is 11.7. The number of benzene rings is 2. The van der Waals surface area contributed by atoms with E-state index in [4.69, 9.17) is 18.9 Å². The first-order valence-corrected chi connectivity index (χ1v) is 9.96. The van der Waals surface area contributed by atoms with Gasteiger partial charge in [-0.15, -0.1) is 0 Å². The topological polar surface area (TPSA) is 54.0 Å². The summed E-state index contributed by atoms with van der Waals surface area (Å²) in [6.07, 6.45) is 0.852. The first-order chi connectivity index (χ1) is 13.8. The van der Waals surface area contributed by atoms with E-state index in [0.29, 0.717) is 37.6 Å². The summed E-state index contributed by atoms with van der Waals surface area (Å²) in [6, 6.07) is 14.1. The van der Waals surface area contributed by atoms with Crippen molar-refractivity contribution in [2.45, 2.75) is 52.6 Å². The van der Waals surface area contributed by atoms with E-state index in [1.807, 2.05) is 18.2 Å². The van der Waals surface area contributed by atoms with E-state index >= 15 is 0 Å². The van der Waals surface area contributed by atoms with Crippen molar-refractivity contribution in [2.75, 3.05) is 20.5 Å². The monoisotopic (exact) mass is 400 g/mol. The Morgan fingerprint density at radius 3 is 2.34 bits per heavy atom. The number of carbonyl (C=O) groups excluding carboxylic acids is 1. The van der Waals surface area contributed by atoms with E-state index in [0.717, 1.165) is 11.1 Å². The summed E-state index contributed by atoms with van der Waals surface area (Å²) in [5.41, 5.74) is 3.42. The van der Waals surface area contributed by atoms with Crippen molar-refractivity contribution in [3.05, 3.63) is 59.2 Å². The summed E-state index contributed by atoms with van der Waals surface area (Å²) in [6.45, 7) is 9.37. The van der Waals surface area contributed by atoms with Crippen molar-refractivity contribution < 1.29 is 23.7 Å². The fourth-order valence-electron chi connectivity index (χ4n) is 2.82. The molecule has 0 unspecified atom stereocenters. The summed E-state index contributed by atoms with van der Waals surface area (Å²) in [4.78, 5) is 11.7. The summed E-state index contributed by atoms with van der Waals surface area (Å²) in [5.74, 6) is 1.14. The molecule has 0 saturated heterocycles. The molecule has 158 valence electrons. The van der Waals surface area contributed by atoms with E-state index in [2.05, 4.69) is 45.0 Å². The molecule has 2 aromatic rings. The molecule has 0 amide bonds. The van der Waals surface area contributed by atoms with Crippen LogP contribution >= 0.6 is 0 Å². The molecule has 0 bridgehead atoms. The lowest BCUT2D eigenvalue weighted by Gasteiger charge is -2.19. The Morgan fingerprint density at radius 1 is 1.00 bits per heavy atom. The second-order valence-corrected chi connectivity index (χ2v) is 7.86. The first-order valence-electron chi connectivity index (χ1n) is 9.96. The van der Waals surface area contributed by atoms with Crippen LogP contribution < -0.4 is 9.47 Å². The molecule has 0 fully saturated rings. The van der Waals surface area contributed by atoms with E-state index in [1.54, 1.807) is 14.0 Å². The van der Waals surface area contributed by atoms with Gasteiger partial charge in [-0.1, -0.05) is 51.1 Å². The minimum absolute atomic E-state index is 0.118. The number of carbonyl (C=O) groups is 1. The van der Waals surface area contributed by atoms with Gasteiger partial charge in [-0.3, -0.25) is 4.79 Å². The fourth-order valence-corrected chi connectivity index (χ4v) is 2.82. The lowest BCUT2D eigenvalue weighted by Crippen LogP contribution is -2.11. The molecule has 0 heterocycles. The third-order valence-electron chi connectivity index (χ3n) is 4.50. The van der Waals surface area contributed by atoms with Crippen molar-refractivity contribution >= 4 is 5.97 Å². The number of hydrogen-bond acceptors (Lipinski definition) is 5. The highest BCUT2D eigenvalue weighted by atomic mass is 16.7. The Hall–Kier alpha value is -2.53. The van der Waals surface area contributed by atoms with Gasteiger partial charge in [-0.05, 0) is 41.5 Å². The van der Waals surface area contributed by atoms with E-state index in [1.165, 1.54) is 5.56 Å². The molecule has 0 aliphatic carbocycles. The SMILES string of the molecule is CCOC(=O)CCc1ccc(OCOC)cc1OCc1ccc(C(C)(C)C)cc1. The van der Waals surface area contributed by atoms with Gasteiger partial charge < -0.3 is 18.9 Å². The van der Waals surface area contributed by atoms with Crippen molar-refractivity contribution in [1.29, 1.82) is 0 Å². The van der Waals surface area contributed by atoms with Crippen molar-refractivity contribution in [3.8, 4) is 11.5 Å². The van der Waals surface area contributed by atoms with Crippen LogP contribution in [0.1, 0.15) is 50.8 Å². The van der Waals surface area contributed by atoms with Crippen LogP contribution in [0.2, 0.25) is 0 Å². The van der Waals surface area contributed by atoms with Crippen LogP contribution in [0.3, 0.4) is 0 Å². The Balaban J connectivity index is 2.11. The van der Waals surface area contributed by atoms with Gasteiger partial charge >= 0.3 is 5.97 Å². The molecule has 0 aromatic heterocycles. The zero-order chi connectivity index (χ0) is 21.3. The lowest BCUT2D eigenvalue weighted by molar-refractivity contribution is -0.143. The molecular formula is C24H32O5. The molecule has 0 radical (unpaired) electrons. The highest BCUT2D eigenvalue weighted by molar-refractivity contribution is 5.69. The Morgan fingerprint density at radius 2 is 1.72 bits per heavy atom. The molecule has 2 rings (SSSR count). The molecule has 29 heavy (non-hydrogen) atoms. The maximum Gasteiger partial charge on any atom is 0.306 e. The van der Waals surface area contributed by atoms with Gasteiger partial charge in [0, 0.05) is 19.6 Å². The molecule has 0 N–H and O–H groups in total. The number of hydrogen-bond donors (Lipinski definition) is 0. The van der Waals surface area contributed by atoms with Crippen molar-refractivity contribution in [3.63, 3.8) is 0 Å². The standard InChI is InChI=1S/C24H32O5/c1-6-27-23(25)14-10-19-9-13-21(29-17-26-5)15-22(19)28-16-18-7-11-20(12-8-18)24(2,3)4/h7-9,11-13,15H,6,10,14,16-17H2,1-5H3. The van der Waals surface area contributed by atoms with Crippen LogP contribution in [0.15, 0.2) is 42.5 Å². The summed E-state index contributed by atoms with van der Waals surface area (Å²) in [7, 11) is 1.58. The molecule has 0 aliphatic heterocycles. The van der Waals surface area contributed by atoms with Gasteiger partial charge in [0.05, 0.1) is 6.61 Å². The molecule has 5 nitrogen and oxygen atoms in total. The summed E-state index contributed by atoms with van der Waals surface area (Å²) in [5, 5.41) is 0. The predicted octanol–water partition coefficient (Wildman–Crippen LogP) is 5.04. The molecule has 5 heteroatoms.